The molecule has 3 N–H and O–H groups in total. The summed E-state index contributed by atoms with van der Waals surface area (Å²) >= 11 is 0.829. The van der Waals surface area contributed by atoms with Gasteiger partial charge in [0, 0.05) is 13.2 Å². The van der Waals surface area contributed by atoms with Gasteiger partial charge in [-0.05, 0) is 37.6 Å². The Bertz CT molecular complexity index is 1000. The molecule has 0 saturated heterocycles. The van der Waals surface area contributed by atoms with E-state index < -0.39 is 30.4 Å². The normalized spacial score (nSPS) is 10.8. The SMILES string of the molecule is COCCOC(=O)c1c(NC(=O)COC(=O)C=Cc2ccc(C)o2)sc(C(N)=O)c1C. The minimum absolute atomic E-state index is 0.00247. The minimum atomic E-state index is -0.761. The van der Waals surface area contributed by atoms with E-state index in [9.17, 15) is 19.2 Å². The van der Waals surface area contributed by atoms with E-state index in [1.54, 1.807) is 19.1 Å². The zero-order valence-corrected chi connectivity index (χ0v) is 18.0. The van der Waals surface area contributed by atoms with Crippen LogP contribution in [-0.2, 0) is 23.8 Å². The summed E-state index contributed by atoms with van der Waals surface area (Å²) < 4.78 is 20.0. The number of nitrogens with two attached hydrogens (primary N) is 1. The molecule has 31 heavy (non-hydrogen) atoms. The van der Waals surface area contributed by atoms with E-state index in [4.69, 9.17) is 24.4 Å². The van der Waals surface area contributed by atoms with Crippen LogP contribution in [0.1, 0.15) is 37.1 Å². The zero-order chi connectivity index (χ0) is 23.0. The highest BCUT2D eigenvalue weighted by molar-refractivity contribution is 7.18. The second-order valence-corrected chi connectivity index (χ2v) is 7.21. The summed E-state index contributed by atoms with van der Waals surface area (Å²) in [5.41, 5.74) is 5.62. The third-order valence-electron chi connectivity index (χ3n) is 3.84. The topological polar surface area (TPSA) is 147 Å². The van der Waals surface area contributed by atoms with Crippen LogP contribution in [0.4, 0.5) is 5.00 Å². The van der Waals surface area contributed by atoms with Gasteiger partial charge in [-0.1, -0.05) is 0 Å². The van der Waals surface area contributed by atoms with Gasteiger partial charge in [0.2, 0.25) is 0 Å². The number of esters is 2. The van der Waals surface area contributed by atoms with Gasteiger partial charge >= 0.3 is 11.9 Å². The van der Waals surface area contributed by atoms with Crippen LogP contribution in [0.5, 0.6) is 0 Å². The highest BCUT2D eigenvalue weighted by Gasteiger charge is 2.26. The summed E-state index contributed by atoms with van der Waals surface area (Å²) in [6.45, 7) is 2.84. The van der Waals surface area contributed by atoms with Crippen molar-refractivity contribution >= 4 is 46.2 Å². The van der Waals surface area contributed by atoms with Crippen molar-refractivity contribution in [2.45, 2.75) is 13.8 Å². The fourth-order valence-electron chi connectivity index (χ4n) is 2.41. The van der Waals surface area contributed by atoms with Crippen molar-refractivity contribution in [2.75, 3.05) is 32.2 Å². The lowest BCUT2D eigenvalue weighted by atomic mass is 10.1. The molecule has 0 aromatic carbocycles. The number of primary amides is 1. The molecular weight excluding hydrogens is 428 g/mol. The average Bonchev–Trinajstić information content (AvgIpc) is 3.27. The molecule has 0 bridgehead atoms. The Kier molecular flexibility index (Phi) is 8.53. The van der Waals surface area contributed by atoms with E-state index in [0.717, 1.165) is 17.4 Å². The molecule has 2 amide bonds. The quantitative estimate of drug-likeness (QED) is 0.318. The van der Waals surface area contributed by atoms with Crippen LogP contribution in [0.15, 0.2) is 22.6 Å². The van der Waals surface area contributed by atoms with Crippen LogP contribution in [-0.4, -0.2) is 50.7 Å². The van der Waals surface area contributed by atoms with Gasteiger partial charge in [0.1, 0.15) is 23.1 Å². The summed E-state index contributed by atoms with van der Waals surface area (Å²) in [6, 6.07) is 3.41. The number of nitrogens with one attached hydrogen (secondary N) is 1. The smallest absolute Gasteiger partial charge is 0.341 e. The minimum Gasteiger partial charge on any atom is -0.462 e. The van der Waals surface area contributed by atoms with Gasteiger partial charge in [0.15, 0.2) is 6.61 Å². The van der Waals surface area contributed by atoms with Crippen LogP contribution >= 0.6 is 11.3 Å². The largest absolute Gasteiger partial charge is 0.462 e. The highest BCUT2D eigenvalue weighted by atomic mass is 32.1. The maximum atomic E-state index is 12.4. The predicted octanol–water partition coefficient (Wildman–Crippen LogP) is 2.06. The van der Waals surface area contributed by atoms with Crippen LogP contribution in [0.3, 0.4) is 0 Å². The maximum Gasteiger partial charge on any atom is 0.341 e. The Labute approximate surface area is 181 Å². The van der Waals surface area contributed by atoms with Gasteiger partial charge in [0.25, 0.3) is 11.8 Å². The second kappa shape index (κ2) is 11.1. The number of methoxy groups -OCH3 is 1. The van der Waals surface area contributed by atoms with Crippen LogP contribution in [0.25, 0.3) is 6.08 Å². The number of hydrogen-bond donors (Lipinski definition) is 2. The van der Waals surface area contributed by atoms with E-state index in [-0.39, 0.29) is 34.2 Å². The molecule has 0 aliphatic carbocycles. The Hall–Kier alpha value is -3.44. The van der Waals surface area contributed by atoms with Crippen molar-refractivity contribution in [1.29, 1.82) is 0 Å². The molecule has 0 aliphatic rings. The molecule has 0 saturated carbocycles. The van der Waals surface area contributed by atoms with E-state index >= 15 is 0 Å². The van der Waals surface area contributed by atoms with E-state index in [1.807, 2.05) is 0 Å². The van der Waals surface area contributed by atoms with Gasteiger partial charge in [-0.25, -0.2) is 9.59 Å². The van der Waals surface area contributed by atoms with E-state index in [2.05, 4.69) is 5.32 Å². The Morgan fingerprint density at radius 3 is 2.52 bits per heavy atom. The van der Waals surface area contributed by atoms with E-state index in [0.29, 0.717) is 11.5 Å². The Balaban J connectivity index is 2.03. The number of rotatable bonds is 10. The molecule has 0 aliphatic heterocycles. The molecule has 2 heterocycles. The number of carbonyl (C=O) groups excluding carboxylic acids is 4. The van der Waals surface area contributed by atoms with Gasteiger partial charge in [0.05, 0.1) is 17.0 Å². The molecule has 0 spiro atoms. The summed E-state index contributed by atoms with van der Waals surface area (Å²) in [5, 5.41) is 2.52. The summed E-state index contributed by atoms with van der Waals surface area (Å²) in [7, 11) is 1.45. The number of anilines is 1. The highest BCUT2D eigenvalue weighted by Crippen LogP contribution is 2.33. The van der Waals surface area contributed by atoms with Crippen molar-refractivity contribution in [3.8, 4) is 0 Å². The van der Waals surface area contributed by atoms with Gasteiger partial charge in [-0.2, -0.15) is 0 Å². The lowest BCUT2D eigenvalue weighted by Crippen LogP contribution is -2.21. The fraction of sp³-hybridized carbons (Fsp3) is 0.300. The number of aryl methyl sites for hydroxylation is 1. The number of ether oxygens (including phenoxy) is 3. The molecule has 2 rings (SSSR count). The monoisotopic (exact) mass is 450 g/mol. The summed E-state index contributed by atoms with van der Waals surface area (Å²) in [6.07, 6.45) is 2.52. The molecular formula is C20H22N2O8S. The first-order chi connectivity index (χ1) is 14.7. The summed E-state index contributed by atoms with van der Waals surface area (Å²) in [4.78, 5) is 48.1. The van der Waals surface area contributed by atoms with Gasteiger partial charge in [-0.3, -0.25) is 9.59 Å². The van der Waals surface area contributed by atoms with Crippen molar-refractivity contribution < 1.29 is 37.8 Å². The second-order valence-electron chi connectivity index (χ2n) is 6.19. The first kappa shape index (κ1) is 23.8. The molecule has 2 aromatic heterocycles. The van der Waals surface area contributed by atoms with Gasteiger partial charge in [-0.15, -0.1) is 11.3 Å². The standard InChI is InChI=1S/C20H22N2O8S/c1-11-4-5-13(30-11)6-7-15(24)29-10-14(23)22-19-16(20(26)28-9-8-27-3)12(2)17(31-19)18(21)25/h4-7H,8-10H2,1-3H3,(H2,21,25)(H,22,23). The fourth-order valence-corrected chi connectivity index (χ4v) is 3.48. The first-order valence-electron chi connectivity index (χ1n) is 9.03. The van der Waals surface area contributed by atoms with Crippen molar-refractivity contribution in [3.05, 3.63) is 45.7 Å². The van der Waals surface area contributed by atoms with Crippen molar-refractivity contribution in [1.82, 2.24) is 0 Å². The molecule has 166 valence electrons. The van der Waals surface area contributed by atoms with Crippen LogP contribution in [0.2, 0.25) is 0 Å². The van der Waals surface area contributed by atoms with Gasteiger partial charge < -0.3 is 29.7 Å². The Morgan fingerprint density at radius 1 is 1.16 bits per heavy atom. The number of amides is 2. The average molecular weight is 450 g/mol. The lowest BCUT2D eigenvalue weighted by Gasteiger charge is -2.08. The Morgan fingerprint density at radius 2 is 1.90 bits per heavy atom. The van der Waals surface area contributed by atoms with Crippen LogP contribution in [0, 0.1) is 13.8 Å². The molecule has 0 unspecified atom stereocenters. The summed E-state index contributed by atoms with van der Waals surface area (Å²) in [5.74, 6) is -1.82. The van der Waals surface area contributed by atoms with Crippen molar-refractivity contribution in [3.63, 3.8) is 0 Å². The molecule has 0 radical (unpaired) electrons. The number of hydrogen-bond acceptors (Lipinski definition) is 9. The molecule has 2 aromatic rings. The molecule has 0 atom stereocenters. The third-order valence-corrected chi connectivity index (χ3v) is 5.06. The molecule has 10 nitrogen and oxygen atoms in total. The van der Waals surface area contributed by atoms with Crippen LogP contribution < -0.4 is 11.1 Å². The third kappa shape index (κ3) is 6.79. The predicted molar refractivity (Wildman–Crippen MR) is 112 cm³/mol. The first-order valence-corrected chi connectivity index (χ1v) is 9.85. The maximum absolute atomic E-state index is 12.4. The number of carbonyl (C=O) groups is 4. The number of thiophene rings is 1. The molecule has 0 fully saturated rings. The molecule has 11 heteroatoms. The number of furan rings is 1. The van der Waals surface area contributed by atoms with E-state index in [1.165, 1.54) is 20.1 Å². The zero-order valence-electron chi connectivity index (χ0n) is 17.2. The lowest BCUT2D eigenvalue weighted by molar-refractivity contribution is -0.142. The van der Waals surface area contributed by atoms with Crippen molar-refractivity contribution in [2.24, 2.45) is 5.73 Å².